The number of unbranched alkanes of at least 4 members (excludes halogenated alkanes) is 2. The first-order valence-electron chi connectivity index (χ1n) is 6.16. The van der Waals surface area contributed by atoms with Crippen LogP contribution in [0.5, 0.6) is 0 Å². The molecule has 0 amide bonds. The highest BCUT2D eigenvalue weighted by molar-refractivity contribution is 6.30. The van der Waals surface area contributed by atoms with Crippen molar-refractivity contribution in [3.63, 3.8) is 0 Å². The van der Waals surface area contributed by atoms with E-state index in [1.807, 2.05) is 12.1 Å². The minimum atomic E-state index is 0.534. The molecule has 2 heteroatoms. The first-order chi connectivity index (χ1) is 7.63. The van der Waals surface area contributed by atoms with Gasteiger partial charge in [-0.2, -0.15) is 0 Å². The quantitative estimate of drug-likeness (QED) is 0.687. The van der Waals surface area contributed by atoms with Gasteiger partial charge in [0.2, 0.25) is 0 Å². The van der Waals surface area contributed by atoms with E-state index >= 15 is 0 Å². The highest BCUT2D eigenvalue weighted by atomic mass is 35.5. The van der Waals surface area contributed by atoms with Gasteiger partial charge in [0.25, 0.3) is 0 Å². The molecule has 90 valence electrons. The van der Waals surface area contributed by atoms with Crippen LogP contribution in [0, 0.1) is 6.92 Å². The van der Waals surface area contributed by atoms with Gasteiger partial charge in [0.05, 0.1) is 0 Å². The molecule has 0 aliphatic rings. The SMILES string of the molecule is CCCCCC(C)Nc1ccc(Cl)cc1C. The van der Waals surface area contributed by atoms with Gasteiger partial charge < -0.3 is 5.32 Å². The van der Waals surface area contributed by atoms with Crippen molar-refractivity contribution in [2.75, 3.05) is 5.32 Å². The van der Waals surface area contributed by atoms with E-state index in [1.165, 1.54) is 36.9 Å². The Bertz CT molecular complexity index is 323. The highest BCUT2D eigenvalue weighted by Crippen LogP contribution is 2.21. The lowest BCUT2D eigenvalue weighted by atomic mass is 10.1. The molecule has 0 saturated heterocycles. The van der Waals surface area contributed by atoms with Crippen LogP contribution in [0.2, 0.25) is 5.02 Å². The Morgan fingerprint density at radius 1 is 1.31 bits per heavy atom. The lowest BCUT2D eigenvalue weighted by Crippen LogP contribution is -2.15. The van der Waals surface area contributed by atoms with Gasteiger partial charge in [-0.05, 0) is 44.0 Å². The number of hydrogen-bond acceptors (Lipinski definition) is 1. The fourth-order valence-electron chi connectivity index (χ4n) is 1.83. The minimum absolute atomic E-state index is 0.534. The summed E-state index contributed by atoms with van der Waals surface area (Å²) in [5.74, 6) is 0. The summed E-state index contributed by atoms with van der Waals surface area (Å²) in [7, 11) is 0. The van der Waals surface area contributed by atoms with E-state index in [1.54, 1.807) is 0 Å². The van der Waals surface area contributed by atoms with Gasteiger partial charge in [-0.15, -0.1) is 0 Å². The van der Waals surface area contributed by atoms with Crippen molar-refractivity contribution in [1.29, 1.82) is 0 Å². The molecule has 0 heterocycles. The second kappa shape index (κ2) is 6.80. The summed E-state index contributed by atoms with van der Waals surface area (Å²) in [6.45, 7) is 6.57. The van der Waals surface area contributed by atoms with Crippen LogP contribution in [-0.4, -0.2) is 6.04 Å². The summed E-state index contributed by atoms with van der Waals surface area (Å²) in [4.78, 5) is 0. The molecule has 16 heavy (non-hydrogen) atoms. The summed E-state index contributed by atoms with van der Waals surface area (Å²) < 4.78 is 0. The predicted octanol–water partition coefficient (Wildman–Crippen LogP) is 5.03. The standard InChI is InChI=1S/C14H22ClN/c1-4-5-6-7-12(3)16-14-9-8-13(15)10-11(14)2/h8-10,12,16H,4-7H2,1-3H3. The number of benzene rings is 1. The zero-order valence-corrected chi connectivity index (χ0v) is 11.3. The molecule has 1 rings (SSSR count). The van der Waals surface area contributed by atoms with Gasteiger partial charge in [0, 0.05) is 16.8 Å². The van der Waals surface area contributed by atoms with Crippen molar-refractivity contribution in [3.8, 4) is 0 Å². The van der Waals surface area contributed by atoms with Gasteiger partial charge in [0.1, 0.15) is 0 Å². The lowest BCUT2D eigenvalue weighted by molar-refractivity contribution is 0.615. The molecule has 0 saturated carbocycles. The number of rotatable bonds is 6. The highest BCUT2D eigenvalue weighted by Gasteiger charge is 2.04. The Hall–Kier alpha value is -0.690. The molecule has 0 spiro atoms. The first-order valence-corrected chi connectivity index (χ1v) is 6.54. The van der Waals surface area contributed by atoms with Crippen LogP contribution in [0.15, 0.2) is 18.2 Å². The van der Waals surface area contributed by atoms with E-state index in [0.717, 1.165) is 5.02 Å². The smallest absolute Gasteiger partial charge is 0.0410 e. The molecule has 0 fully saturated rings. The summed E-state index contributed by atoms with van der Waals surface area (Å²) in [6.07, 6.45) is 5.14. The second-order valence-corrected chi connectivity index (χ2v) is 4.94. The van der Waals surface area contributed by atoms with Gasteiger partial charge >= 0.3 is 0 Å². The summed E-state index contributed by atoms with van der Waals surface area (Å²) in [6, 6.07) is 6.54. The van der Waals surface area contributed by atoms with Crippen LogP contribution in [0.1, 0.15) is 45.1 Å². The fraction of sp³-hybridized carbons (Fsp3) is 0.571. The third-order valence-corrected chi connectivity index (χ3v) is 3.07. The number of halogens is 1. The molecule has 1 aromatic rings. The van der Waals surface area contributed by atoms with Crippen molar-refractivity contribution in [1.82, 2.24) is 0 Å². The van der Waals surface area contributed by atoms with E-state index in [-0.39, 0.29) is 0 Å². The normalized spacial score (nSPS) is 12.5. The predicted molar refractivity (Wildman–Crippen MR) is 73.4 cm³/mol. The van der Waals surface area contributed by atoms with Crippen molar-refractivity contribution in [3.05, 3.63) is 28.8 Å². The average molecular weight is 240 g/mol. The third kappa shape index (κ3) is 4.44. The number of aryl methyl sites for hydroxylation is 1. The van der Waals surface area contributed by atoms with E-state index < -0.39 is 0 Å². The topological polar surface area (TPSA) is 12.0 Å². The fourth-order valence-corrected chi connectivity index (χ4v) is 2.05. The molecule has 0 radical (unpaired) electrons. The molecule has 1 unspecified atom stereocenters. The van der Waals surface area contributed by atoms with Crippen molar-refractivity contribution >= 4 is 17.3 Å². The largest absolute Gasteiger partial charge is 0.382 e. The maximum absolute atomic E-state index is 5.93. The van der Waals surface area contributed by atoms with E-state index in [9.17, 15) is 0 Å². The Morgan fingerprint density at radius 3 is 2.69 bits per heavy atom. The van der Waals surface area contributed by atoms with Crippen LogP contribution < -0.4 is 5.32 Å². The second-order valence-electron chi connectivity index (χ2n) is 4.50. The first kappa shape index (κ1) is 13.4. The van der Waals surface area contributed by atoms with Gasteiger partial charge in [0.15, 0.2) is 0 Å². The zero-order chi connectivity index (χ0) is 12.0. The maximum Gasteiger partial charge on any atom is 0.0410 e. The van der Waals surface area contributed by atoms with Crippen LogP contribution in [0.4, 0.5) is 5.69 Å². The molecule has 1 atom stereocenters. The third-order valence-electron chi connectivity index (χ3n) is 2.83. The lowest BCUT2D eigenvalue weighted by Gasteiger charge is -2.17. The average Bonchev–Trinajstić information content (AvgIpc) is 2.23. The zero-order valence-electron chi connectivity index (χ0n) is 10.5. The van der Waals surface area contributed by atoms with E-state index in [4.69, 9.17) is 11.6 Å². The molecule has 1 nitrogen and oxygen atoms in total. The Kier molecular flexibility index (Phi) is 5.68. The molecule has 0 aromatic heterocycles. The van der Waals surface area contributed by atoms with Crippen LogP contribution in [0.3, 0.4) is 0 Å². The van der Waals surface area contributed by atoms with Crippen LogP contribution >= 0.6 is 11.6 Å². The number of nitrogens with one attached hydrogen (secondary N) is 1. The summed E-state index contributed by atoms with van der Waals surface area (Å²) in [5, 5.41) is 4.34. The minimum Gasteiger partial charge on any atom is -0.382 e. The van der Waals surface area contributed by atoms with Crippen LogP contribution in [0.25, 0.3) is 0 Å². The van der Waals surface area contributed by atoms with Crippen molar-refractivity contribution in [2.45, 2.75) is 52.5 Å². The van der Waals surface area contributed by atoms with E-state index in [2.05, 4.69) is 32.2 Å². The molecule has 1 aromatic carbocycles. The van der Waals surface area contributed by atoms with Crippen LogP contribution in [-0.2, 0) is 0 Å². The molecule has 0 aliphatic carbocycles. The van der Waals surface area contributed by atoms with E-state index in [0.29, 0.717) is 6.04 Å². The van der Waals surface area contributed by atoms with Gasteiger partial charge in [-0.3, -0.25) is 0 Å². The Morgan fingerprint density at radius 2 is 2.06 bits per heavy atom. The van der Waals surface area contributed by atoms with Gasteiger partial charge in [-0.1, -0.05) is 37.8 Å². The number of anilines is 1. The Balaban J connectivity index is 2.46. The molecular weight excluding hydrogens is 218 g/mol. The maximum atomic E-state index is 5.93. The van der Waals surface area contributed by atoms with Crippen molar-refractivity contribution < 1.29 is 0 Å². The molecule has 0 aliphatic heterocycles. The monoisotopic (exact) mass is 239 g/mol. The van der Waals surface area contributed by atoms with Crippen molar-refractivity contribution in [2.24, 2.45) is 0 Å². The summed E-state index contributed by atoms with van der Waals surface area (Å²) >= 11 is 5.93. The molecule has 0 bridgehead atoms. The number of hydrogen-bond donors (Lipinski definition) is 1. The molecule has 1 N–H and O–H groups in total. The summed E-state index contributed by atoms with van der Waals surface area (Å²) in [5.41, 5.74) is 2.42. The molecular formula is C14H22ClN. The Labute approximate surface area is 104 Å². The van der Waals surface area contributed by atoms with Gasteiger partial charge in [-0.25, -0.2) is 0 Å².